The van der Waals surface area contributed by atoms with Crippen molar-refractivity contribution >= 4 is 28.0 Å². The molecule has 22 heavy (non-hydrogen) atoms. The van der Waals surface area contributed by atoms with E-state index < -0.39 is 0 Å². The maximum atomic E-state index is 8.43. The van der Waals surface area contributed by atoms with Gasteiger partial charge in [0, 0.05) is 13.2 Å². The van der Waals surface area contributed by atoms with Gasteiger partial charge >= 0.3 is 41.3 Å². The Bertz CT molecular complexity index is 363. The van der Waals surface area contributed by atoms with Crippen LogP contribution in [0.15, 0.2) is 35.5 Å². The number of aliphatic hydroxyl groups is 2. The fourth-order valence-electron chi connectivity index (χ4n) is 1.48. The van der Waals surface area contributed by atoms with Gasteiger partial charge in [-0.15, -0.1) is 37.7 Å². The minimum atomic E-state index is 0. The van der Waals surface area contributed by atoms with E-state index in [1.165, 1.54) is 3.21 Å². The molecule has 2 aliphatic carbocycles. The van der Waals surface area contributed by atoms with Crippen LogP contribution in [0.1, 0.15) is 39.5 Å². The largest absolute Gasteiger partial charge is 0.396 e. The molecule has 0 fully saturated rings. The second kappa shape index (κ2) is 19.3. The summed E-state index contributed by atoms with van der Waals surface area (Å²) in [5.74, 6) is 0. The van der Waals surface area contributed by atoms with Crippen LogP contribution in [0.4, 0.5) is 0 Å². The molecule has 0 unspecified atom stereocenters. The number of hydrogen-bond donors (Lipinski definition) is 2. The van der Waals surface area contributed by atoms with E-state index in [4.69, 9.17) is 10.2 Å². The monoisotopic (exact) mass is 422 g/mol. The Kier molecular flexibility index (Phi) is 23.7. The fraction of sp³-hybridized carbons (Fsp3) is 0.471. The van der Waals surface area contributed by atoms with Gasteiger partial charge in [-0.2, -0.15) is 12.2 Å². The average Bonchev–Trinajstić information content (AvgIpc) is 3.03. The Morgan fingerprint density at radius 1 is 0.955 bits per heavy atom. The zero-order valence-electron chi connectivity index (χ0n) is 13.3. The summed E-state index contributed by atoms with van der Waals surface area (Å²) in [5.41, 5.74) is 2.29. The van der Waals surface area contributed by atoms with Crippen LogP contribution in [0.25, 0.3) is 0 Å². The van der Waals surface area contributed by atoms with Gasteiger partial charge in [0.05, 0.1) is 0 Å². The van der Waals surface area contributed by atoms with E-state index in [1.54, 1.807) is 24.2 Å². The van der Waals surface area contributed by atoms with Gasteiger partial charge in [-0.25, -0.2) is 23.3 Å². The molecule has 2 aliphatic rings. The maximum absolute atomic E-state index is 8.43. The van der Waals surface area contributed by atoms with Crippen LogP contribution in [0.3, 0.4) is 0 Å². The van der Waals surface area contributed by atoms with Crippen molar-refractivity contribution in [2.75, 3.05) is 13.2 Å². The smallest absolute Gasteiger partial charge is 0.0442 e. The van der Waals surface area contributed by atoms with Crippen LogP contribution in [0.2, 0.25) is 0 Å². The second-order valence-electron chi connectivity index (χ2n) is 4.56. The Hall–Kier alpha value is 0.213. The Labute approximate surface area is 162 Å². The maximum Gasteiger partial charge on any atom is 0.0442 e. The number of aliphatic hydroxyl groups excluding tert-OH is 2. The molecule has 124 valence electrons. The van der Waals surface area contributed by atoms with Gasteiger partial charge in [0.1, 0.15) is 0 Å². The third-order valence-corrected chi connectivity index (χ3v) is 2.29. The van der Waals surface area contributed by atoms with Gasteiger partial charge < -0.3 is 10.2 Å². The van der Waals surface area contributed by atoms with Gasteiger partial charge in [-0.05, 0) is 12.8 Å². The standard InChI is InChI=1S/2C7H9O.C3H6.2ClH.Zr/c2*8-6-5-7-3-1-2-4-7;1-3-2;;;/h2*1,3,8H,2,5-6H2;1-2H3;2*1H;/q2*-1;;;;+2. The summed E-state index contributed by atoms with van der Waals surface area (Å²) in [6, 6.07) is 0. The van der Waals surface area contributed by atoms with Gasteiger partial charge in [0.15, 0.2) is 0 Å². The summed E-state index contributed by atoms with van der Waals surface area (Å²) in [7, 11) is 0. The van der Waals surface area contributed by atoms with Gasteiger partial charge in [0.25, 0.3) is 0 Å². The first-order valence-corrected chi connectivity index (χ1v) is 8.09. The molecular weight excluding hydrogens is 398 g/mol. The van der Waals surface area contributed by atoms with Crippen molar-refractivity contribution in [3.63, 3.8) is 0 Å². The van der Waals surface area contributed by atoms with E-state index in [0.717, 1.165) is 36.8 Å². The molecule has 0 spiro atoms. The van der Waals surface area contributed by atoms with Crippen LogP contribution >= 0.6 is 24.8 Å². The summed E-state index contributed by atoms with van der Waals surface area (Å²) in [6.07, 6.45) is 17.7. The summed E-state index contributed by atoms with van der Waals surface area (Å²) < 4.78 is 1.51. The summed E-state index contributed by atoms with van der Waals surface area (Å²) in [5, 5.41) is 16.9. The number of rotatable bonds is 4. The summed E-state index contributed by atoms with van der Waals surface area (Å²) >= 11 is 1.55. The van der Waals surface area contributed by atoms with Crippen LogP contribution < -0.4 is 0 Å². The van der Waals surface area contributed by atoms with Gasteiger partial charge in [0.2, 0.25) is 0 Å². The van der Waals surface area contributed by atoms with Crippen molar-refractivity contribution < 1.29 is 34.4 Å². The molecule has 0 aromatic heterocycles. The van der Waals surface area contributed by atoms with E-state index in [9.17, 15) is 0 Å². The van der Waals surface area contributed by atoms with Crippen LogP contribution in [0, 0.1) is 12.2 Å². The third kappa shape index (κ3) is 18.3. The van der Waals surface area contributed by atoms with Crippen molar-refractivity contribution in [3.8, 4) is 0 Å². The SMILES string of the molecule is C[C](C)=[Zr+2].Cl.Cl.OCCC1=[C-]CC=C1.OCCC1=[C-]CC=C1. The molecule has 2 rings (SSSR count). The quantitative estimate of drug-likeness (QED) is 0.676. The summed E-state index contributed by atoms with van der Waals surface area (Å²) in [6.45, 7) is 4.73. The zero-order chi connectivity index (χ0) is 15.2. The van der Waals surface area contributed by atoms with E-state index in [0.29, 0.717) is 0 Å². The molecule has 0 heterocycles. The second-order valence-corrected chi connectivity index (χ2v) is 7.02. The van der Waals surface area contributed by atoms with E-state index >= 15 is 0 Å². The van der Waals surface area contributed by atoms with Crippen molar-refractivity contribution in [1.82, 2.24) is 0 Å². The molecule has 5 heteroatoms. The first-order valence-electron chi connectivity index (χ1n) is 6.86. The van der Waals surface area contributed by atoms with Gasteiger partial charge in [-0.3, -0.25) is 12.2 Å². The van der Waals surface area contributed by atoms with E-state index in [1.807, 2.05) is 24.3 Å². The van der Waals surface area contributed by atoms with Crippen molar-refractivity contribution in [3.05, 3.63) is 47.6 Å². The molecule has 0 aromatic rings. The third-order valence-electron chi connectivity index (χ3n) is 2.29. The molecule has 2 nitrogen and oxygen atoms in total. The first kappa shape index (κ1) is 27.1. The predicted molar refractivity (Wildman–Crippen MR) is 95.3 cm³/mol. The van der Waals surface area contributed by atoms with E-state index in [-0.39, 0.29) is 38.0 Å². The fourth-order valence-corrected chi connectivity index (χ4v) is 1.48. The molecular formula is C17H26Cl2O2Zr. The molecule has 0 aliphatic heterocycles. The molecule has 0 aromatic carbocycles. The molecule has 0 atom stereocenters. The first-order chi connectivity index (χ1) is 9.60. The molecule has 0 saturated carbocycles. The van der Waals surface area contributed by atoms with Crippen molar-refractivity contribution in [2.24, 2.45) is 0 Å². The molecule has 0 saturated heterocycles. The Morgan fingerprint density at radius 2 is 1.27 bits per heavy atom. The van der Waals surface area contributed by atoms with Crippen molar-refractivity contribution in [2.45, 2.75) is 39.5 Å². The minimum absolute atomic E-state index is 0. The van der Waals surface area contributed by atoms with E-state index in [2.05, 4.69) is 26.0 Å². The topological polar surface area (TPSA) is 40.5 Å². The Balaban J connectivity index is -0.000000249. The Morgan fingerprint density at radius 3 is 1.45 bits per heavy atom. The number of hydrogen-bond acceptors (Lipinski definition) is 2. The molecule has 0 amide bonds. The summed E-state index contributed by atoms with van der Waals surface area (Å²) in [4.78, 5) is 0. The van der Waals surface area contributed by atoms with Crippen molar-refractivity contribution in [1.29, 1.82) is 0 Å². The number of allylic oxidation sites excluding steroid dienone is 6. The molecule has 2 N–H and O–H groups in total. The zero-order valence-corrected chi connectivity index (χ0v) is 17.4. The molecule has 0 bridgehead atoms. The van der Waals surface area contributed by atoms with Gasteiger partial charge in [-0.1, -0.05) is 0 Å². The minimum Gasteiger partial charge on any atom is -0.396 e. The van der Waals surface area contributed by atoms with Crippen LogP contribution in [-0.2, 0) is 24.2 Å². The predicted octanol–water partition coefficient (Wildman–Crippen LogP) is 3.71. The van der Waals surface area contributed by atoms with Crippen LogP contribution in [0.5, 0.6) is 0 Å². The number of halogens is 2. The van der Waals surface area contributed by atoms with Crippen LogP contribution in [-0.4, -0.2) is 26.6 Å². The molecule has 0 radical (unpaired) electrons. The average molecular weight is 425 g/mol. The normalized spacial score (nSPS) is 13.5.